The smallest absolute Gasteiger partial charge is 0.253 e. The van der Waals surface area contributed by atoms with Gasteiger partial charge in [-0.05, 0) is 56.7 Å². The number of nitrogens with zero attached hydrogens (tertiary/aromatic N) is 1. The second-order valence-corrected chi connectivity index (χ2v) is 7.24. The Bertz CT molecular complexity index is 646. The Hall–Kier alpha value is -1.74. The first kappa shape index (κ1) is 16.1. The summed E-state index contributed by atoms with van der Waals surface area (Å²) in [6.45, 7) is 0. The van der Waals surface area contributed by atoms with E-state index in [2.05, 4.69) is 16.1 Å². The summed E-state index contributed by atoms with van der Waals surface area (Å²) >= 11 is 1.32. The highest BCUT2D eigenvalue weighted by atomic mass is 32.2. The summed E-state index contributed by atoms with van der Waals surface area (Å²) < 4.78 is 16.4. The van der Waals surface area contributed by atoms with E-state index in [9.17, 15) is 14.4 Å². The van der Waals surface area contributed by atoms with Crippen LogP contribution in [0.5, 0.6) is 0 Å². The van der Waals surface area contributed by atoms with E-state index in [4.69, 9.17) is 0 Å². The summed E-state index contributed by atoms with van der Waals surface area (Å²) in [5.41, 5.74) is 0.566. The summed E-state index contributed by atoms with van der Waals surface area (Å²) in [5.74, 6) is -0.543. The molecule has 3 aliphatic rings. The van der Waals surface area contributed by atoms with Gasteiger partial charge in [0.05, 0.1) is 22.7 Å². The molecule has 0 aliphatic heterocycles. The molecule has 4 nitrogen and oxygen atoms in total. The zero-order chi connectivity index (χ0) is 16.5. The van der Waals surface area contributed by atoms with Crippen molar-refractivity contribution in [3.05, 3.63) is 29.6 Å². The minimum atomic E-state index is -0.370. The average Bonchev–Trinajstić information content (AvgIpc) is 2.57. The minimum absolute atomic E-state index is 0.173. The number of carbonyl (C=O) groups excluding carboxylic acids is 1. The Morgan fingerprint density at radius 1 is 1.26 bits per heavy atom. The third-order valence-corrected chi connectivity index (χ3v) is 5.72. The van der Waals surface area contributed by atoms with Crippen LogP contribution in [-0.2, 0) is 0 Å². The molecular weight excluding hydrogens is 313 g/mol. The van der Waals surface area contributed by atoms with Gasteiger partial charge in [0.1, 0.15) is 5.82 Å². The highest BCUT2D eigenvalue weighted by Gasteiger charge is 2.49. The monoisotopic (exact) mass is 333 g/mol. The molecule has 0 heterocycles. The summed E-state index contributed by atoms with van der Waals surface area (Å²) in [5, 5.41) is 12.5. The molecule has 0 unspecified atom stereocenters. The van der Waals surface area contributed by atoms with Gasteiger partial charge < -0.3 is 10.0 Å². The highest BCUT2D eigenvalue weighted by molar-refractivity contribution is 7.99. The van der Waals surface area contributed by atoms with E-state index >= 15 is 0 Å². The zero-order valence-corrected chi connectivity index (χ0v) is 13.9. The van der Waals surface area contributed by atoms with Crippen molar-refractivity contribution in [2.24, 2.45) is 5.41 Å². The third-order valence-electron chi connectivity index (χ3n) is 5.30. The van der Waals surface area contributed by atoms with Crippen LogP contribution in [-0.4, -0.2) is 17.7 Å². The number of nitriles is 1. The van der Waals surface area contributed by atoms with Crippen molar-refractivity contribution in [2.45, 2.75) is 44.1 Å². The van der Waals surface area contributed by atoms with Crippen molar-refractivity contribution in [3.8, 4) is 6.07 Å². The van der Waals surface area contributed by atoms with E-state index in [1.165, 1.54) is 30.1 Å². The van der Waals surface area contributed by atoms with Crippen LogP contribution in [0.2, 0.25) is 0 Å². The highest BCUT2D eigenvalue weighted by Crippen LogP contribution is 2.52. The lowest BCUT2D eigenvalue weighted by Crippen LogP contribution is -2.56. The van der Waals surface area contributed by atoms with Crippen LogP contribution in [0.15, 0.2) is 18.2 Å². The van der Waals surface area contributed by atoms with Crippen LogP contribution in [0, 0.1) is 22.6 Å². The molecular formula is C17H20FN3OS. The van der Waals surface area contributed by atoms with Crippen LogP contribution in [0.1, 0.15) is 48.9 Å². The molecule has 4 rings (SSSR count). The lowest BCUT2D eigenvalue weighted by Gasteiger charge is -2.50. The second kappa shape index (κ2) is 6.04. The van der Waals surface area contributed by atoms with Gasteiger partial charge in [-0.25, -0.2) is 4.39 Å². The molecule has 1 amide bonds. The number of fused-ring (bicyclic) bond motifs is 3. The molecule has 0 atom stereocenters. The van der Waals surface area contributed by atoms with E-state index in [-0.39, 0.29) is 22.7 Å². The van der Waals surface area contributed by atoms with Gasteiger partial charge in [-0.2, -0.15) is 5.26 Å². The summed E-state index contributed by atoms with van der Waals surface area (Å²) in [6, 6.07) is 6.64. The molecule has 3 fully saturated rings. The number of rotatable bonds is 4. The number of nitrogens with one attached hydrogen (secondary N) is 2. The topological polar surface area (TPSA) is 64.9 Å². The predicted molar refractivity (Wildman–Crippen MR) is 89.5 cm³/mol. The van der Waals surface area contributed by atoms with Gasteiger partial charge in [0.2, 0.25) is 0 Å². The molecule has 0 saturated heterocycles. The molecule has 2 bridgehead atoms. The Labute approximate surface area is 140 Å². The van der Waals surface area contributed by atoms with E-state index in [0.29, 0.717) is 11.3 Å². The molecule has 0 aromatic heterocycles. The fourth-order valence-corrected chi connectivity index (χ4v) is 4.15. The van der Waals surface area contributed by atoms with Crippen LogP contribution in [0.25, 0.3) is 0 Å². The maximum Gasteiger partial charge on any atom is 0.253 e. The predicted octanol–water partition coefficient (Wildman–Crippen LogP) is 3.86. The van der Waals surface area contributed by atoms with E-state index in [1.54, 1.807) is 0 Å². The summed E-state index contributed by atoms with van der Waals surface area (Å²) in [7, 11) is 0. The third kappa shape index (κ3) is 3.02. The van der Waals surface area contributed by atoms with Crippen molar-refractivity contribution in [2.75, 3.05) is 11.0 Å². The van der Waals surface area contributed by atoms with Gasteiger partial charge in [-0.3, -0.25) is 4.79 Å². The summed E-state index contributed by atoms with van der Waals surface area (Å²) in [4.78, 5) is 12.7. The molecule has 3 aliphatic carbocycles. The second-order valence-electron chi connectivity index (χ2n) is 6.62. The van der Waals surface area contributed by atoms with Crippen LogP contribution >= 0.6 is 11.9 Å². The van der Waals surface area contributed by atoms with Crippen molar-refractivity contribution in [1.29, 1.82) is 5.26 Å². The van der Waals surface area contributed by atoms with Crippen LogP contribution < -0.4 is 10.0 Å². The standard InChI is InChI=1S/C17H20FN3OS/c1-23-21-14-10-12(18)2-3-13(14)15(22)20-17-7-4-16(11-19,5-8-17)6-9-17/h2-3,10,21H,4-9H2,1H3,(H,20,22). The maximum atomic E-state index is 13.4. The van der Waals surface area contributed by atoms with Crippen molar-refractivity contribution < 1.29 is 9.18 Å². The minimum Gasteiger partial charge on any atom is -0.347 e. The molecule has 2 N–H and O–H groups in total. The largest absolute Gasteiger partial charge is 0.347 e. The number of amides is 1. The SMILES string of the molecule is CSNc1cc(F)ccc1C(=O)NC12CCC(C#N)(CC1)CC2. The Morgan fingerprint density at radius 2 is 1.91 bits per heavy atom. The van der Waals surface area contributed by atoms with Crippen molar-refractivity contribution >= 4 is 23.5 Å². The van der Waals surface area contributed by atoms with Gasteiger partial charge in [0, 0.05) is 11.8 Å². The molecule has 23 heavy (non-hydrogen) atoms. The van der Waals surface area contributed by atoms with Gasteiger partial charge in [-0.1, -0.05) is 11.9 Å². The van der Waals surface area contributed by atoms with Gasteiger partial charge in [0.15, 0.2) is 0 Å². The van der Waals surface area contributed by atoms with Gasteiger partial charge >= 0.3 is 0 Å². The number of carbonyl (C=O) groups is 1. The van der Waals surface area contributed by atoms with Gasteiger partial charge in [0.25, 0.3) is 5.91 Å². The Balaban J connectivity index is 1.77. The zero-order valence-electron chi connectivity index (χ0n) is 13.1. The first-order valence-electron chi connectivity index (χ1n) is 7.84. The molecule has 1 aromatic rings. The number of hydrogen-bond acceptors (Lipinski definition) is 4. The van der Waals surface area contributed by atoms with E-state index in [1.807, 2.05) is 6.26 Å². The molecule has 122 valence electrons. The number of benzene rings is 1. The number of anilines is 1. The van der Waals surface area contributed by atoms with Crippen molar-refractivity contribution in [3.63, 3.8) is 0 Å². The summed E-state index contributed by atoms with van der Waals surface area (Å²) in [6.07, 6.45) is 6.92. The first-order chi connectivity index (χ1) is 11.0. The van der Waals surface area contributed by atoms with E-state index in [0.717, 1.165) is 38.5 Å². The molecule has 1 aromatic carbocycles. The number of halogens is 1. The molecule has 0 radical (unpaired) electrons. The molecule has 6 heteroatoms. The van der Waals surface area contributed by atoms with Gasteiger partial charge in [-0.15, -0.1) is 0 Å². The average molecular weight is 333 g/mol. The lowest BCUT2D eigenvalue weighted by molar-refractivity contribution is 0.0522. The van der Waals surface area contributed by atoms with Crippen LogP contribution in [0.4, 0.5) is 10.1 Å². The quantitative estimate of drug-likeness (QED) is 0.821. The van der Waals surface area contributed by atoms with E-state index < -0.39 is 0 Å². The first-order valence-corrected chi connectivity index (χ1v) is 9.06. The Morgan fingerprint density at radius 3 is 2.48 bits per heavy atom. The molecule has 3 saturated carbocycles. The fraction of sp³-hybridized carbons (Fsp3) is 0.529. The van der Waals surface area contributed by atoms with Crippen molar-refractivity contribution in [1.82, 2.24) is 5.32 Å². The fourth-order valence-electron chi connectivity index (χ4n) is 3.76. The molecule has 0 spiro atoms. The lowest BCUT2D eigenvalue weighted by atomic mass is 9.58. The van der Waals surface area contributed by atoms with Crippen LogP contribution in [0.3, 0.4) is 0 Å². The normalized spacial score (nSPS) is 28.9. The Kier molecular flexibility index (Phi) is 4.24. The number of hydrogen-bond donors (Lipinski definition) is 2. The maximum absolute atomic E-state index is 13.4.